The van der Waals surface area contributed by atoms with Gasteiger partial charge in [-0.3, -0.25) is 0 Å². The second kappa shape index (κ2) is 6.23. The molecule has 1 aromatic rings. The molecule has 2 unspecified atom stereocenters. The normalized spacial score (nSPS) is 24.0. The number of piperazine rings is 1. The molecule has 1 aliphatic heterocycles. The molecule has 1 N–H and O–H groups in total. The van der Waals surface area contributed by atoms with Crippen LogP contribution in [0.15, 0.2) is 22.7 Å². The first kappa shape index (κ1) is 14.8. The number of halogens is 2. The summed E-state index contributed by atoms with van der Waals surface area (Å²) in [4.78, 5) is 2.23. The van der Waals surface area contributed by atoms with Crippen LogP contribution in [0.5, 0.6) is 0 Å². The average Bonchev–Trinajstić information content (AvgIpc) is 2.40. The molecule has 1 aliphatic rings. The Balaban J connectivity index is 2.33. The highest BCUT2D eigenvalue weighted by Gasteiger charge is 2.30. The van der Waals surface area contributed by atoms with Crippen molar-refractivity contribution in [1.82, 2.24) is 5.32 Å². The maximum absolute atomic E-state index is 14.1. The molecule has 106 valence electrons. The molecule has 19 heavy (non-hydrogen) atoms. The summed E-state index contributed by atoms with van der Waals surface area (Å²) < 4.78 is 15.1. The van der Waals surface area contributed by atoms with E-state index in [1.165, 1.54) is 0 Å². The maximum Gasteiger partial charge on any atom is 0.146 e. The van der Waals surface area contributed by atoms with Crippen LogP contribution < -0.4 is 10.2 Å². The zero-order chi connectivity index (χ0) is 14.0. The van der Waals surface area contributed by atoms with E-state index < -0.39 is 0 Å². The number of rotatable bonds is 3. The third-order valence-corrected chi connectivity index (χ3v) is 4.41. The van der Waals surface area contributed by atoms with E-state index in [1.807, 2.05) is 6.07 Å². The standard InChI is InChI=1S/C15H22BrFN2/c1-4-12-9-19(15(8-18-12)10(2)3)14-7-11(16)5-6-13(14)17/h5-7,10,12,15,18H,4,8-9H2,1-3H3. The first-order valence-corrected chi connectivity index (χ1v) is 7.77. The van der Waals surface area contributed by atoms with Gasteiger partial charge in [0.25, 0.3) is 0 Å². The summed E-state index contributed by atoms with van der Waals surface area (Å²) in [6, 6.07) is 5.96. The lowest BCUT2D eigenvalue weighted by molar-refractivity contribution is 0.331. The molecule has 0 bridgehead atoms. The van der Waals surface area contributed by atoms with Crippen LogP contribution in [-0.2, 0) is 0 Å². The quantitative estimate of drug-likeness (QED) is 0.907. The minimum Gasteiger partial charge on any atom is -0.363 e. The molecule has 1 fully saturated rings. The molecular formula is C15H22BrFN2. The Hall–Kier alpha value is -0.610. The third kappa shape index (κ3) is 3.29. The number of hydrogen-bond acceptors (Lipinski definition) is 2. The van der Waals surface area contributed by atoms with Crippen molar-refractivity contribution in [2.24, 2.45) is 5.92 Å². The Labute approximate surface area is 123 Å². The molecule has 1 heterocycles. The molecule has 4 heteroatoms. The van der Waals surface area contributed by atoms with Gasteiger partial charge < -0.3 is 10.2 Å². The van der Waals surface area contributed by atoms with Gasteiger partial charge in [-0.25, -0.2) is 4.39 Å². The highest BCUT2D eigenvalue weighted by molar-refractivity contribution is 9.10. The Kier molecular flexibility index (Phi) is 4.85. The molecule has 0 aliphatic carbocycles. The monoisotopic (exact) mass is 328 g/mol. The van der Waals surface area contributed by atoms with Crippen LogP contribution in [0.1, 0.15) is 27.2 Å². The predicted molar refractivity (Wildman–Crippen MR) is 82.2 cm³/mol. The molecule has 0 spiro atoms. The van der Waals surface area contributed by atoms with Gasteiger partial charge in [0.2, 0.25) is 0 Å². The van der Waals surface area contributed by atoms with E-state index in [1.54, 1.807) is 12.1 Å². The van der Waals surface area contributed by atoms with Crippen LogP contribution >= 0.6 is 15.9 Å². The number of benzene rings is 1. The first-order valence-electron chi connectivity index (χ1n) is 6.98. The minimum atomic E-state index is -0.134. The van der Waals surface area contributed by atoms with Gasteiger partial charge in [0, 0.05) is 29.6 Å². The van der Waals surface area contributed by atoms with E-state index in [4.69, 9.17) is 0 Å². The summed E-state index contributed by atoms with van der Waals surface area (Å²) in [7, 11) is 0. The van der Waals surface area contributed by atoms with E-state index in [0.717, 1.165) is 24.0 Å². The molecular weight excluding hydrogens is 307 g/mol. The van der Waals surface area contributed by atoms with Gasteiger partial charge in [0.15, 0.2) is 0 Å². The fraction of sp³-hybridized carbons (Fsp3) is 0.600. The molecule has 0 radical (unpaired) electrons. The van der Waals surface area contributed by atoms with E-state index in [0.29, 0.717) is 23.7 Å². The van der Waals surface area contributed by atoms with Crippen LogP contribution in [0.4, 0.5) is 10.1 Å². The van der Waals surface area contributed by atoms with Crippen molar-refractivity contribution in [3.63, 3.8) is 0 Å². The molecule has 1 aromatic carbocycles. The molecule has 1 saturated heterocycles. The van der Waals surface area contributed by atoms with Crippen molar-refractivity contribution in [3.8, 4) is 0 Å². The lowest BCUT2D eigenvalue weighted by atomic mass is 9.97. The van der Waals surface area contributed by atoms with Crippen LogP contribution in [0, 0.1) is 11.7 Å². The average molecular weight is 329 g/mol. The van der Waals surface area contributed by atoms with Crippen molar-refractivity contribution in [1.29, 1.82) is 0 Å². The fourth-order valence-electron chi connectivity index (χ4n) is 2.69. The van der Waals surface area contributed by atoms with E-state index in [-0.39, 0.29) is 5.82 Å². The predicted octanol–water partition coefficient (Wildman–Crippen LogP) is 3.80. The van der Waals surface area contributed by atoms with E-state index in [9.17, 15) is 4.39 Å². The summed E-state index contributed by atoms with van der Waals surface area (Å²) >= 11 is 3.44. The van der Waals surface area contributed by atoms with Crippen molar-refractivity contribution in [3.05, 3.63) is 28.5 Å². The number of anilines is 1. The summed E-state index contributed by atoms with van der Waals surface area (Å²) in [5.74, 6) is 0.356. The SMILES string of the molecule is CCC1CN(c2cc(Br)ccc2F)C(C(C)C)CN1. The second-order valence-corrected chi connectivity index (χ2v) is 6.49. The fourth-order valence-corrected chi connectivity index (χ4v) is 3.04. The van der Waals surface area contributed by atoms with E-state index in [2.05, 4.69) is 46.9 Å². The Morgan fingerprint density at radius 2 is 2.21 bits per heavy atom. The van der Waals surface area contributed by atoms with Crippen LogP contribution in [0.25, 0.3) is 0 Å². The van der Waals surface area contributed by atoms with Crippen LogP contribution in [0.3, 0.4) is 0 Å². The van der Waals surface area contributed by atoms with E-state index >= 15 is 0 Å². The molecule has 0 aromatic heterocycles. The zero-order valence-electron chi connectivity index (χ0n) is 11.8. The van der Waals surface area contributed by atoms with Crippen LogP contribution in [0.2, 0.25) is 0 Å². The summed E-state index contributed by atoms with van der Waals surface area (Å²) in [6.45, 7) is 8.35. The van der Waals surface area contributed by atoms with Gasteiger partial charge in [-0.15, -0.1) is 0 Å². The van der Waals surface area contributed by atoms with Crippen molar-refractivity contribution in [2.75, 3.05) is 18.0 Å². The Morgan fingerprint density at radius 3 is 2.84 bits per heavy atom. The summed E-state index contributed by atoms with van der Waals surface area (Å²) in [6.07, 6.45) is 1.07. The van der Waals surface area contributed by atoms with Gasteiger partial charge in [0.1, 0.15) is 5.82 Å². The van der Waals surface area contributed by atoms with Gasteiger partial charge in [-0.05, 0) is 30.5 Å². The lowest BCUT2D eigenvalue weighted by Crippen LogP contribution is -2.58. The molecule has 2 nitrogen and oxygen atoms in total. The first-order chi connectivity index (χ1) is 9.02. The largest absolute Gasteiger partial charge is 0.363 e. The third-order valence-electron chi connectivity index (χ3n) is 3.91. The molecule has 2 rings (SSSR count). The Morgan fingerprint density at radius 1 is 1.47 bits per heavy atom. The topological polar surface area (TPSA) is 15.3 Å². The summed E-state index contributed by atoms with van der Waals surface area (Å²) in [5, 5.41) is 3.56. The number of nitrogens with zero attached hydrogens (tertiary/aromatic N) is 1. The lowest BCUT2D eigenvalue weighted by Gasteiger charge is -2.44. The van der Waals surface area contributed by atoms with Gasteiger partial charge in [-0.1, -0.05) is 36.7 Å². The van der Waals surface area contributed by atoms with Crippen LogP contribution in [-0.4, -0.2) is 25.2 Å². The highest BCUT2D eigenvalue weighted by Crippen LogP contribution is 2.29. The maximum atomic E-state index is 14.1. The molecule has 0 amide bonds. The van der Waals surface area contributed by atoms with Gasteiger partial charge in [0.05, 0.1) is 5.69 Å². The Bertz CT molecular complexity index is 436. The zero-order valence-corrected chi connectivity index (χ0v) is 13.4. The smallest absolute Gasteiger partial charge is 0.146 e. The van der Waals surface area contributed by atoms with Crippen molar-refractivity contribution < 1.29 is 4.39 Å². The van der Waals surface area contributed by atoms with Gasteiger partial charge in [-0.2, -0.15) is 0 Å². The highest BCUT2D eigenvalue weighted by atomic mass is 79.9. The van der Waals surface area contributed by atoms with Crippen molar-refractivity contribution in [2.45, 2.75) is 39.3 Å². The number of hydrogen-bond donors (Lipinski definition) is 1. The minimum absolute atomic E-state index is 0.134. The second-order valence-electron chi connectivity index (χ2n) is 5.57. The number of nitrogens with one attached hydrogen (secondary N) is 1. The molecule has 2 atom stereocenters. The van der Waals surface area contributed by atoms with Crippen molar-refractivity contribution >= 4 is 21.6 Å². The summed E-state index contributed by atoms with van der Waals surface area (Å²) in [5.41, 5.74) is 0.716. The van der Waals surface area contributed by atoms with Gasteiger partial charge >= 0.3 is 0 Å². The molecule has 0 saturated carbocycles.